The van der Waals surface area contributed by atoms with E-state index in [2.05, 4.69) is 16.8 Å². The van der Waals surface area contributed by atoms with Crippen molar-refractivity contribution in [3.63, 3.8) is 0 Å². The van der Waals surface area contributed by atoms with Gasteiger partial charge in [-0.05, 0) is 44.0 Å². The molecule has 2 atom stereocenters. The molecule has 0 unspecified atom stereocenters. The molecule has 8 nitrogen and oxygen atoms in total. The number of aliphatic hydroxyl groups excluding tert-OH is 1. The Hall–Kier alpha value is -2.16. The zero-order chi connectivity index (χ0) is 22.1. The highest BCUT2D eigenvalue weighted by atomic mass is 16.3. The number of piperazine rings is 1. The fourth-order valence-electron chi connectivity index (χ4n) is 5.02. The highest BCUT2D eigenvalue weighted by molar-refractivity contribution is 5.78. The molecule has 1 amide bonds. The SMILES string of the molecule is CN1CCN([C@H]2CCN(C(=O)CCc3ccc4c(c3)n(C)c(=O)n4C)CC[C@@H]2O)CC1. The van der Waals surface area contributed by atoms with Gasteiger partial charge >= 0.3 is 5.69 Å². The number of likely N-dealkylation sites (tertiary alicyclic amines) is 1. The van der Waals surface area contributed by atoms with Gasteiger partial charge in [0.2, 0.25) is 5.91 Å². The number of amides is 1. The van der Waals surface area contributed by atoms with Crippen LogP contribution in [0.15, 0.2) is 23.0 Å². The van der Waals surface area contributed by atoms with Gasteiger partial charge in [0.15, 0.2) is 0 Å². The minimum absolute atomic E-state index is 0.0405. The third-order valence-corrected chi connectivity index (χ3v) is 7.16. The van der Waals surface area contributed by atoms with E-state index >= 15 is 0 Å². The van der Waals surface area contributed by atoms with Gasteiger partial charge in [0.25, 0.3) is 0 Å². The van der Waals surface area contributed by atoms with Crippen LogP contribution >= 0.6 is 0 Å². The summed E-state index contributed by atoms with van der Waals surface area (Å²) in [5.74, 6) is 0.147. The second-order valence-corrected chi connectivity index (χ2v) is 9.16. The van der Waals surface area contributed by atoms with Crippen molar-refractivity contribution in [2.24, 2.45) is 14.1 Å². The first-order chi connectivity index (χ1) is 14.8. The normalized spacial score (nSPS) is 23.9. The maximum absolute atomic E-state index is 12.9. The summed E-state index contributed by atoms with van der Waals surface area (Å²) >= 11 is 0. The molecule has 1 aromatic heterocycles. The van der Waals surface area contributed by atoms with Crippen molar-refractivity contribution in [1.29, 1.82) is 0 Å². The third-order valence-electron chi connectivity index (χ3n) is 7.16. The minimum atomic E-state index is -0.372. The van der Waals surface area contributed by atoms with Crippen LogP contribution in [0.4, 0.5) is 0 Å². The van der Waals surface area contributed by atoms with Crippen molar-refractivity contribution in [1.82, 2.24) is 23.8 Å². The quantitative estimate of drug-likeness (QED) is 0.762. The van der Waals surface area contributed by atoms with Crippen LogP contribution in [-0.4, -0.2) is 93.3 Å². The average Bonchev–Trinajstić information content (AvgIpc) is 2.90. The average molecular weight is 430 g/mol. The highest BCUT2D eigenvalue weighted by Gasteiger charge is 2.32. The van der Waals surface area contributed by atoms with E-state index in [1.807, 2.05) is 23.1 Å². The number of carbonyl (C=O) groups excluding carboxylic acids is 1. The number of fused-ring (bicyclic) bond motifs is 1. The first kappa shape index (κ1) is 22.0. The van der Waals surface area contributed by atoms with Crippen molar-refractivity contribution in [2.45, 2.75) is 37.8 Å². The van der Waals surface area contributed by atoms with Crippen LogP contribution in [0.2, 0.25) is 0 Å². The van der Waals surface area contributed by atoms with Gasteiger partial charge in [-0.25, -0.2) is 4.79 Å². The van der Waals surface area contributed by atoms with E-state index in [9.17, 15) is 14.7 Å². The lowest BCUT2D eigenvalue weighted by Crippen LogP contribution is -2.52. The Morgan fingerprint density at radius 2 is 1.65 bits per heavy atom. The van der Waals surface area contributed by atoms with Gasteiger partial charge < -0.3 is 14.9 Å². The first-order valence-electron chi connectivity index (χ1n) is 11.4. The van der Waals surface area contributed by atoms with Gasteiger partial charge in [0.05, 0.1) is 17.1 Å². The number of rotatable bonds is 4. The fourth-order valence-corrected chi connectivity index (χ4v) is 5.02. The zero-order valence-electron chi connectivity index (χ0n) is 19.0. The second kappa shape index (κ2) is 9.14. The Bertz CT molecular complexity index is 989. The molecule has 4 rings (SSSR count). The lowest BCUT2D eigenvalue weighted by atomic mass is 10.0. The molecule has 0 saturated carbocycles. The van der Waals surface area contributed by atoms with E-state index in [1.54, 1.807) is 23.2 Å². The van der Waals surface area contributed by atoms with E-state index in [0.29, 0.717) is 32.4 Å². The number of imidazole rings is 1. The van der Waals surface area contributed by atoms with Crippen LogP contribution in [0.3, 0.4) is 0 Å². The Labute approximate surface area is 183 Å². The van der Waals surface area contributed by atoms with Gasteiger partial charge in [0.1, 0.15) is 0 Å². The van der Waals surface area contributed by atoms with Crippen LogP contribution in [0.5, 0.6) is 0 Å². The second-order valence-electron chi connectivity index (χ2n) is 9.16. The number of aromatic nitrogens is 2. The predicted molar refractivity (Wildman–Crippen MR) is 121 cm³/mol. The molecular formula is C23H35N5O3. The van der Waals surface area contributed by atoms with E-state index < -0.39 is 0 Å². The highest BCUT2D eigenvalue weighted by Crippen LogP contribution is 2.21. The number of aliphatic hydroxyl groups is 1. The smallest absolute Gasteiger partial charge is 0.328 e. The Balaban J connectivity index is 1.35. The molecule has 0 spiro atoms. The minimum Gasteiger partial charge on any atom is -0.391 e. The Morgan fingerprint density at radius 3 is 2.39 bits per heavy atom. The molecule has 3 heterocycles. The van der Waals surface area contributed by atoms with Crippen molar-refractivity contribution in [3.8, 4) is 0 Å². The molecule has 2 saturated heterocycles. The molecular weight excluding hydrogens is 394 g/mol. The van der Waals surface area contributed by atoms with Crippen LogP contribution in [-0.2, 0) is 25.3 Å². The third kappa shape index (κ3) is 4.56. The lowest BCUT2D eigenvalue weighted by Gasteiger charge is -2.39. The van der Waals surface area contributed by atoms with E-state index in [-0.39, 0.29) is 23.7 Å². The number of hydrogen-bond donors (Lipinski definition) is 1. The number of hydrogen-bond acceptors (Lipinski definition) is 5. The van der Waals surface area contributed by atoms with Crippen molar-refractivity contribution < 1.29 is 9.90 Å². The zero-order valence-corrected chi connectivity index (χ0v) is 19.0. The largest absolute Gasteiger partial charge is 0.391 e. The van der Waals surface area contributed by atoms with Crippen LogP contribution in [0.1, 0.15) is 24.8 Å². The molecule has 170 valence electrons. The van der Waals surface area contributed by atoms with E-state index in [1.165, 1.54) is 0 Å². The molecule has 2 aliphatic heterocycles. The summed E-state index contributed by atoms with van der Waals surface area (Å²) < 4.78 is 3.29. The number of aryl methyl sites for hydroxylation is 3. The summed E-state index contributed by atoms with van der Waals surface area (Å²) in [6, 6.07) is 6.12. The number of carbonyl (C=O) groups is 1. The summed E-state index contributed by atoms with van der Waals surface area (Å²) in [4.78, 5) is 31.7. The van der Waals surface area contributed by atoms with Crippen LogP contribution < -0.4 is 5.69 Å². The van der Waals surface area contributed by atoms with E-state index in [0.717, 1.165) is 49.2 Å². The topological polar surface area (TPSA) is 74.0 Å². The molecule has 2 aromatic rings. The molecule has 1 aromatic carbocycles. The predicted octanol–water partition coefficient (Wildman–Crippen LogP) is 0.409. The molecule has 1 N–H and O–H groups in total. The van der Waals surface area contributed by atoms with Crippen LogP contribution in [0, 0.1) is 0 Å². The summed E-state index contributed by atoms with van der Waals surface area (Å²) in [6.07, 6.45) is 2.19. The monoisotopic (exact) mass is 429 g/mol. The maximum Gasteiger partial charge on any atom is 0.328 e. The lowest BCUT2D eigenvalue weighted by molar-refractivity contribution is -0.131. The maximum atomic E-state index is 12.9. The van der Waals surface area contributed by atoms with Gasteiger partial charge in [-0.2, -0.15) is 0 Å². The van der Waals surface area contributed by atoms with Gasteiger partial charge in [-0.1, -0.05) is 6.07 Å². The standard InChI is InChI=1S/C23H35N5O3/c1-24-12-14-27(15-13-24)19-8-10-28(11-9-21(19)29)22(30)7-5-17-4-6-18-20(16-17)26(3)23(31)25(18)2/h4,6,16,19,21,29H,5,7-15H2,1-3H3/t19-,21-/m0/s1. The van der Waals surface area contributed by atoms with Crippen molar-refractivity contribution in [3.05, 3.63) is 34.2 Å². The van der Waals surface area contributed by atoms with Crippen LogP contribution in [0.25, 0.3) is 11.0 Å². The van der Waals surface area contributed by atoms with Gasteiger partial charge in [0, 0.05) is 65.8 Å². The Kier molecular flexibility index (Phi) is 6.50. The summed E-state index contributed by atoms with van der Waals surface area (Å²) in [5.41, 5.74) is 2.82. The van der Waals surface area contributed by atoms with Crippen molar-refractivity contribution in [2.75, 3.05) is 46.3 Å². The fraction of sp³-hybridized carbons (Fsp3) is 0.652. The molecule has 31 heavy (non-hydrogen) atoms. The summed E-state index contributed by atoms with van der Waals surface area (Å²) in [6.45, 7) is 5.36. The van der Waals surface area contributed by atoms with E-state index in [4.69, 9.17) is 0 Å². The molecule has 0 bridgehead atoms. The number of likely N-dealkylation sites (N-methyl/N-ethyl adjacent to an activating group) is 1. The number of benzene rings is 1. The van der Waals surface area contributed by atoms with Gasteiger partial charge in [-0.3, -0.25) is 18.8 Å². The number of nitrogens with zero attached hydrogens (tertiary/aromatic N) is 5. The first-order valence-corrected chi connectivity index (χ1v) is 11.4. The summed E-state index contributed by atoms with van der Waals surface area (Å²) in [7, 11) is 5.69. The Morgan fingerprint density at radius 1 is 0.968 bits per heavy atom. The molecule has 8 heteroatoms. The molecule has 2 fully saturated rings. The summed E-state index contributed by atoms with van der Waals surface area (Å²) in [5, 5.41) is 10.7. The van der Waals surface area contributed by atoms with Crippen molar-refractivity contribution >= 4 is 16.9 Å². The van der Waals surface area contributed by atoms with Gasteiger partial charge in [-0.15, -0.1) is 0 Å². The molecule has 2 aliphatic rings. The molecule has 0 aliphatic carbocycles. The molecule has 0 radical (unpaired) electrons.